The Labute approximate surface area is 112 Å². The highest BCUT2D eigenvalue weighted by Gasteiger charge is 2.13. The summed E-state index contributed by atoms with van der Waals surface area (Å²) in [6, 6.07) is 3.46. The van der Waals surface area contributed by atoms with Gasteiger partial charge in [0, 0.05) is 5.69 Å². The molecule has 20 heavy (non-hydrogen) atoms. The van der Waals surface area contributed by atoms with Crippen molar-refractivity contribution in [3.63, 3.8) is 0 Å². The van der Waals surface area contributed by atoms with Gasteiger partial charge in [-0.3, -0.25) is 4.79 Å². The van der Waals surface area contributed by atoms with Crippen molar-refractivity contribution in [3.8, 4) is 5.75 Å². The number of aromatic nitrogens is 2. The Morgan fingerprint density at radius 3 is 2.85 bits per heavy atom. The highest BCUT2D eigenvalue weighted by molar-refractivity contribution is 5.88. The van der Waals surface area contributed by atoms with Crippen LogP contribution in [0, 0.1) is 5.82 Å². The molecule has 0 atom stereocenters. The lowest BCUT2D eigenvalue weighted by atomic mass is 10.2. The molecule has 0 spiro atoms. The molecule has 2 aromatic rings. The number of aromatic amines is 1. The lowest BCUT2D eigenvalue weighted by Gasteiger charge is -2.09. The Morgan fingerprint density at radius 1 is 1.50 bits per heavy atom. The zero-order valence-electron chi connectivity index (χ0n) is 10.3. The molecule has 0 aliphatic carbocycles. The van der Waals surface area contributed by atoms with Crippen molar-refractivity contribution in [2.45, 2.75) is 0 Å². The SMILES string of the molecule is COc1c(Nc2ccc(C(=O)O)c(F)c2)nc[nH]c1=O. The first-order valence-electron chi connectivity index (χ1n) is 5.44. The molecule has 104 valence electrons. The second-order valence-electron chi connectivity index (χ2n) is 3.74. The number of anilines is 2. The van der Waals surface area contributed by atoms with E-state index in [1.165, 1.54) is 13.2 Å². The van der Waals surface area contributed by atoms with Crippen LogP contribution in [0.2, 0.25) is 0 Å². The van der Waals surface area contributed by atoms with E-state index in [0.29, 0.717) is 0 Å². The minimum atomic E-state index is -1.36. The number of carboxylic acids is 1. The Morgan fingerprint density at radius 2 is 2.25 bits per heavy atom. The van der Waals surface area contributed by atoms with E-state index in [-0.39, 0.29) is 17.3 Å². The summed E-state index contributed by atoms with van der Waals surface area (Å²) < 4.78 is 18.4. The number of hydrogen-bond donors (Lipinski definition) is 3. The van der Waals surface area contributed by atoms with Gasteiger partial charge in [-0.15, -0.1) is 0 Å². The standard InChI is InChI=1S/C12H10FN3O4/c1-20-9-10(14-5-15-11(9)17)16-6-2-3-7(12(18)19)8(13)4-6/h2-5H,1H3,(H,18,19)(H2,14,15,16,17). The first-order chi connectivity index (χ1) is 9.52. The molecule has 1 heterocycles. The molecule has 0 aliphatic rings. The number of aromatic carboxylic acids is 1. The maximum absolute atomic E-state index is 13.5. The van der Waals surface area contributed by atoms with Crippen LogP contribution in [0.5, 0.6) is 5.75 Å². The van der Waals surface area contributed by atoms with Gasteiger partial charge in [-0.25, -0.2) is 14.2 Å². The minimum Gasteiger partial charge on any atom is -0.489 e. The van der Waals surface area contributed by atoms with Gasteiger partial charge in [-0.1, -0.05) is 0 Å². The van der Waals surface area contributed by atoms with Gasteiger partial charge in [-0.05, 0) is 18.2 Å². The van der Waals surface area contributed by atoms with Crippen molar-refractivity contribution in [1.82, 2.24) is 9.97 Å². The second-order valence-corrected chi connectivity index (χ2v) is 3.74. The fourth-order valence-electron chi connectivity index (χ4n) is 1.57. The van der Waals surface area contributed by atoms with Crippen molar-refractivity contribution in [1.29, 1.82) is 0 Å². The van der Waals surface area contributed by atoms with E-state index in [2.05, 4.69) is 15.3 Å². The van der Waals surface area contributed by atoms with Crippen LogP contribution in [0.4, 0.5) is 15.9 Å². The van der Waals surface area contributed by atoms with Crippen LogP contribution in [0.25, 0.3) is 0 Å². The summed E-state index contributed by atoms with van der Waals surface area (Å²) in [5.41, 5.74) is -0.696. The largest absolute Gasteiger partial charge is 0.489 e. The van der Waals surface area contributed by atoms with Gasteiger partial charge >= 0.3 is 5.97 Å². The predicted molar refractivity (Wildman–Crippen MR) is 68.1 cm³/mol. The summed E-state index contributed by atoms with van der Waals surface area (Å²) in [6.07, 6.45) is 1.16. The van der Waals surface area contributed by atoms with Gasteiger partial charge in [0.25, 0.3) is 5.56 Å². The molecule has 1 aromatic heterocycles. The molecule has 0 fully saturated rings. The molecule has 0 amide bonds. The maximum Gasteiger partial charge on any atom is 0.338 e. The third kappa shape index (κ3) is 2.58. The van der Waals surface area contributed by atoms with Gasteiger partial charge in [0.1, 0.15) is 5.82 Å². The second kappa shape index (κ2) is 5.39. The van der Waals surface area contributed by atoms with Crippen LogP contribution in [0.3, 0.4) is 0 Å². The fraction of sp³-hybridized carbons (Fsp3) is 0.0833. The molecule has 0 bridgehead atoms. The zero-order chi connectivity index (χ0) is 14.7. The lowest BCUT2D eigenvalue weighted by Crippen LogP contribution is -2.12. The number of methoxy groups -OCH3 is 1. The molecule has 1 aromatic carbocycles. The number of H-pyrrole nitrogens is 1. The van der Waals surface area contributed by atoms with Crippen molar-refractivity contribution < 1.29 is 19.0 Å². The number of rotatable bonds is 4. The van der Waals surface area contributed by atoms with Crippen LogP contribution in [-0.4, -0.2) is 28.2 Å². The molecule has 0 saturated heterocycles. The average Bonchev–Trinajstić information content (AvgIpc) is 2.38. The summed E-state index contributed by atoms with van der Waals surface area (Å²) >= 11 is 0. The number of halogens is 1. The Kier molecular flexibility index (Phi) is 3.65. The van der Waals surface area contributed by atoms with Crippen LogP contribution >= 0.6 is 0 Å². The van der Waals surface area contributed by atoms with Gasteiger partial charge in [0.2, 0.25) is 5.75 Å². The Balaban J connectivity index is 2.36. The predicted octanol–water partition coefficient (Wildman–Crippen LogP) is 1.36. The van der Waals surface area contributed by atoms with Gasteiger partial charge in [0.15, 0.2) is 5.82 Å². The topological polar surface area (TPSA) is 104 Å². The summed E-state index contributed by atoms with van der Waals surface area (Å²) in [6.45, 7) is 0. The van der Waals surface area contributed by atoms with Gasteiger partial charge in [0.05, 0.1) is 19.0 Å². The van der Waals surface area contributed by atoms with E-state index in [0.717, 1.165) is 18.5 Å². The third-order valence-electron chi connectivity index (χ3n) is 2.48. The minimum absolute atomic E-state index is 0.0600. The zero-order valence-corrected chi connectivity index (χ0v) is 10.3. The van der Waals surface area contributed by atoms with E-state index in [4.69, 9.17) is 9.84 Å². The molecular weight excluding hydrogens is 269 g/mol. The van der Waals surface area contributed by atoms with Crippen molar-refractivity contribution >= 4 is 17.5 Å². The molecule has 3 N–H and O–H groups in total. The van der Waals surface area contributed by atoms with E-state index in [1.807, 2.05) is 0 Å². The molecule has 0 saturated carbocycles. The molecule has 2 rings (SSSR count). The molecular formula is C12H10FN3O4. The van der Waals surface area contributed by atoms with Crippen molar-refractivity contribution in [3.05, 3.63) is 46.3 Å². The highest BCUT2D eigenvalue weighted by atomic mass is 19.1. The quantitative estimate of drug-likeness (QED) is 0.780. The number of nitrogens with one attached hydrogen (secondary N) is 2. The number of ether oxygens (including phenoxy) is 1. The summed E-state index contributed by atoms with van der Waals surface area (Å²) in [5, 5.41) is 11.4. The average molecular weight is 279 g/mol. The number of hydrogen-bond acceptors (Lipinski definition) is 5. The molecule has 0 aliphatic heterocycles. The van der Waals surface area contributed by atoms with Crippen LogP contribution in [0.1, 0.15) is 10.4 Å². The number of carboxylic acid groups (broad SMARTS) is 1. The van der Waals surface area contributed by atoms with E-state index in [9.17, 15) is 14.0 Å². The third-order valence-corrected chi connectivity index (χ3v) is 2.48. The van der Waals surface area contributed by atoms with E-state index < -0.39 is 22.9 Å². The Bertz CT molecular complexity index is 714. The van der Waals surface area contributed by atoms with Gasteiger partial charge in [-0.2, -0.15) is 0 Å². The monoisotopic (exact) mass is 279 g/mol. The number of carbonyl (C=O) groups is 1. The van der Waals surface area contributed by atoms with Crippen LogP contribution in [-0.2, 0) is 0 Å². The number of benzene rings is 1. The molecule has 8 heteroatoms. The smallest absolute Gasteiger partial charge is 0.338 e. The molecule has 0 radical (unpaired) electrons. The summed E-state index contributed by atoms with van der Waals surface area (Å²) in [4.78, 5) is 28.3. The first-order valence-corrected chi connectivity index (χ1v) is 5.44. The van der Waals surface area contributed by atoms with Crippen LogP contribution < -0.4 is 15.6 Å². The number of nitrogens with zero attached hydrogens (tertiary/aromatic N) is 1. The first kappa shape index (κ1) is 13.5. The van der Waals surface area contributed by atoms with Gasteiger partial charge < -0.3 is 20.1 Å². The van der Waals surface area contributed by atoms with Crippen molar-refractivity contribution in [2.24, 2.45) is 0 Å². The Hall–Kier alpha value is -2.90. The molecule has 7 nitrogen and oxygen atoms in total. The summed E-state index contributed by atoms with van der Waals surface area (Å²) in [7, 11) is 1.30. The molecule has 0 unspecified atom stereocenters. The summed E-state index contributed by atoms with van der Waals surface area (Å²) in [5.74, 6) is -2.22. The van der Waals surface area contributed by atoms with Crippen LogP contribution in [0.15, 0.2) is 29.3 Å². The maximum atomic E-state index is 13.5. The highest BCUT2D eigenvalue weighted by Crippen LogP contribution is 2.22. The fourth-order valence-corrected chi connectivity index (χ4v) is 1.57. The normalized spacial score (nSPS) is 10.1. The van der Waals surface area contributed by atoms with E-state index >= 15 is 0 Å². The van der Waals surface area contributed by atoms with E-state index in [1.54, 1.807) is 0 Å². The lowest BCUT2D eigenvalue weighted by molar-refractivity contribution is 0.0692. The van der Waals surface area contributed by atoms with Crippen molar-refractivity contribution in [2.75, 3.05) is 12.4 Å².